The van der Waals surface area contributed by atoms with Gasteiger partial charge in [0.25, 0.3) is 11.8 Å². The summed E-state index contributed by atoms with van der Waals surface area (Å²) in [5.74, 6) is -0.291. The zero-order valence-electron chi connectivity index (χ0n) is 15.0. The molecule has 0 aliphatic rings. The highest BCUT2D eigenvalue weighted by atomic mass is 16.5. The SMILES string of the molecule is COc1nn(C)cc1C(=O)Nc1ccc(C(=O)NCc2cccnc2)cc1. The summed E-state index contributed by atoms with van der Waals surface area (Å²) >= 11 is 0. The molecule has 2 heterocycles. The lowest BCUT2D eigenvalue weighted by atomic mass is 10.2. The first-order valence-corrected chi connectivity index (χ1v) is 8.23. The van der Waals surface area contributed by atoms with E-state index >= 15 is 0 Å². The number of anilines is 1. The van der Waals surface area contributed by atoms with Crippen molar-refractivity contribution in [3.05, 3.63) is 71.7 Å². The molecule has 8 heteroatoms. The second-order valence-electron chi connectivity index (χ2n) is 5.80. The van der Waals surface area contributed by atoms with Gasteiger partial charge in [0.05, 0.1) is 7.11 Å². The number of methoxy groups -OCH3 is 1. The Morgan fingerprint density at radius 3 is 2.59 bits per heavy atom. The Bertz CT molecular complexity index is 936. The summed E-state index contributed by atoms with van der Waals surface area (Å²) in [6.45, 7) is 0.395. The minimum absolute atomic E-state index is 0.203. The van der Waals surface area contributed by atoms with Crippen LogP contribution in [0.15, 0.2) is 55.0 Å². The van der Waals surface area contributed by atoms with Crippen LogP contribution in [0.5, 0.6) is 5.88 Å². The highest BCUT2D eigenvalue weighted by molar-refractivity contribution is 6.06. The average Bonchev–Trinajstić information content (AvgIpc) is 3.08. The number of nitrogens with one attached hydrogen (secondary N) is 2. The monoisotopic (exact) mass is 365 g/mol. The van der Waals surface area contributed by atoms with E-state index in [-0.39, 0.29) is 17.7 Å². The summed E-state index contributed by atoms with van der Waals surface area (Å²) in [5, 5.41) is 9.63. The Hall–Kier alpha value is -3.68. The highest BCUT2D eigenvalue weighted by Gasteiger charge is 2.16. The lowest BCUT2D eigenvalue weighted by Gasteiger charge is -2.07. The van der Waals surface area contributed by atoms with Crippen LogP contribution in [0, 0.1) is 0 Å². The fourth-order valence-corrected chi connectivity index (χ4v) is 2.47. The average molecular weight is 365 g/mol. The van der Waals surface area contributed by atoms with Gasteiger partial charge in [-0.25, -0.2) is 0 Å². The summed E-state index contributed by atoms with van der Waals surface area (Å²) in [7, 11) is 3.16. The van der Waals surface area contributed by atoms with Crippen LogP contribution >= 0.6 is 0 Å². The fourth-order valence-electron chi connectivity index (χ4n) is 2.47. The molecule has 0 unspecified atom stereocenters. The first kappa shape index (κ1) is 18.1. The predicted molar refractivity (Wildman–Crippen MR) is 99.6 cm³/mol. The van der Waals surface area contributed by atoms with Gasteiger partial charge in [-0.3, -0.25) is 19.3 Å². The first-order chi connectivity index (χ1) is 13.1. The van der Waals surface area contributed by atoms with Crippen molar-refractivity contribution in [2.24, 2.45) is 7.05 Å². The standard InChI is InChI=1S/C19H19N5O3/c1-24-12-16(19(23-24)27-2)18(26)22-15-7-5-14(6-8-15)17(25)21-11-13-4-3-9-20-10-13/h3-10,12H,11H2,1-2H3,(H,21,25)(H,22,26). The van der Waals surface area contributed by atoms with E-state index in [1.807, 2.05) is 12.1 Å². The van der Waals surface area contributed by atoms with Crippen LogP contribution in [-0.4, -0.2) is 33.7 Å². The van der Waals surface area contributed by atoms with E-state index in [0.29, 0.717) is 23.4 Å². The molecule has 8 nitrogen and oxygen atoms in total. The summed E-state index contributed by atoms with van der Waals surface area (Å²) in [6.07, 6.45) is 4.96. The molecule has 1 aromatic carbocycles. The van der Waals surface area contributed by atoms with Crippen molar-refractivity contribution in [3.8, 4) is 5.88 Å². The molecule has 0 aliphatic heterocycles. The molecule has 0 radical (unpaired) electrons. The van der Waals surface area contributed by atoms with Gasteiger partial charge in [0.15, 0.2) is 0 Å². The van der Waals surface area contributed by atoms with Crippen molar-refractivity contribution < 1.29 is 14.3 Å². The van der Waals surface area contributed by atoms with Crippen molar-refractivity contribution in [2.45, 2.75) is 6.54 Å². The quantitative estimate of drug-likeness (QED) is 0.696. The maximum Gasteiger partial charge on any atom is 0.262 e. The fraction of sp³-hybridized carbons (Fsp3) is 0.158. The molecule has 0 saturated carbocycles. The third kappa shape index (κ3) is 4.49. The van der Waals surface area contributed by atoms with Gasteiger partial charge in [0, 0.05) is 43.4 Å². The van der Waals surface area contributed by atoms with Crippen molar-refractivity contribution >= 4 is 17.5 Å². The van der Waals surface area contributed by atoms with E-state index in [1.165, 1.54) is 11.8 Å². The number of aryl methyl sites for hydroxylation is 1. The Morgan fingerprint density at radius 2 is 1.93 bits per heavy atom. The largest absolute Gasteiger partial charge is 0.479 e. The molecule has 0 spiro atoms. The van der Waals surface area contributed by atoms with E-state index in [4.69, 9.17) is 4.74 Å². The number of carbonyl (C=O) groups excluding carboxylic acids is 2. The third-order valence-electron chi connectivity index (χ3n) is 3.81. The van der Waals surface area contributed by atoms with E-state index in [2.05, 4.69) is 20.7 Å². The first-order valence-electron chi connectivity index (χ1n) is 8.23. The van der Waals surface area contributed by atoms with Gasteiger partial charge in [-0.1, -0.05) is 6.07 Å². The number of benzene rings is 1. The van der Waals surface area contributed by atoms with Crippen molar-refractivity contribution in [1.82, 2.24) is 20.1 Å². The molecule has 0 saturated heterocycles. The molecule has 0 atom stereocenters. The lowest BCUT2D eigenvalue weighted by Crippen LogP contribution is -2.22. The molecule has 3 aromatic rings. The molecule has 138 valence electrons. The van der Waals surface area contributed by atoms with Crippen LogP contribution in [0.1, 0.15) is 26.3 Å². The Labute approximate surface area is 156 Å². The molecular formula is C19H19N5O3. The van der Waals surface area contributed by atoms with Crippen LogP contribution < -0.4 is 15.4 Å². The molecule has 0 fully saturated rings. The predicted octanol–water partition coefficient (Wildman–Crippen LogP) is 2.01. The van der Waals surface area contributed by atoms with E-state index in [9.17, 15) is 9.59 Å². The van der Waals surface area contributed by atoms with Crippen molar-refractivity contribution in [3.63, 3.8) is 0 Å². The summed E-state index contributed by atoms with van der Waals surface area (Å²) in [6, 6.07) is 10.3. The highest BCUT2D eigenvalue weighted by Crippen LogP contribution is 2.17. The number of ether oxygens (including phenoxy) is 1. The number of nitrogens with zero attached hydrogens (tertiary/aromatic N) is 3. The molecule has 2 aromatic heterocycles. The number of hydrogen-bond donors (Lipinski definition) is 2. The van der Waals surface area contributed by atoms with Gasteiger partial charge < -0.3 is 15.4 Å². The van der Waals surface area contributed by atoms with E-state index in [1.54, 1.807) is 49.9 Å². The molecule has 0 bridgehead atoms. The Kier molecular flexibility index (Phi) is 5.46. The maximum absolute atomic E-state index is 12.4. The normalized spacial score (nSPS) is 10.3. The number of carbonyl (C=O) groups is 2. The van der Waals surface area contributed by atoms with Crippen LogP contribution in [0.25, 0.3) is 0 Å². The Morgan fingerprint density at radius 1 is 1.15 bits per heavy atom. The zero-order valence-corrected chi connectivity index (χ0v) is 15.0. The van der Waals surface area contributed by atoms with Crippen molar-refractivity contribution in [2.75, 3.05) is 12.4 Å². The van der Waals surface area contributed by atoms with Gasteiger partial charge in [-0.15, -0.1) is 5.10 Å². The van der Waals surface area contributed by atoms with Crippen LogP contribution in [0.2, 0.25) is 0 Å². The summed E-state index contributed by atoms with van der Waals surface area (Å²) < 4.78 is 6.59. The molecule has 2 N–H and O–H groups in total. The number of amides is 2. The second-order valence-corrected chi connectivity index (χ2v) is 5.80. The summed E-state index contributed by atoms with van der Waals surface area (Å²) in [4.78, 5) is 28.6. The van der Waals surface area contributed by atoms with Crippen LogP contribution in [-0.2, 0) is 13.6 Å². The topological polar surface area (TPSA) is 98.1 Å². The van der Waals surface area contributed by atoms with E-state index in [0.717, 1.165) is 5.56 Å². The molecule has 27 heavy (non-hydrogen) atoms. The minimum atomic E-state index is -0.339. The van der Waals surface area contributed by atoms with Gasteiger partial charge in [-0.05, 0) is 35.9 Å². The second kappa shape index (κ2) is 8.13. The maximum atomic E-state index is 12.4. The van der Waals surface area contributed by atoms with Crippen LogP contribution in [0.3, 0.4) is 0 Å². The summed E-state index contributed by atoms with van der Waals surface area (Å²) in [5.41, 5.74) is 2.31. The molecule has 3 rings (SSSR count). The van der Waals surface area contributed by atoms with Gasteiger partial charge in [0.2, 0.25) is 5.88 Å². The number of aromatic nitrogens is 3. The smallest absolute Gasteiger partial charge is 0.262 e. The molecule has 2 amide bonds. The van der Waals surface area contributed by atoms with Gasteiger partial charge in [-0.2, -0.15) is 0 Å². The van der Waals surface area contributed by atoms with Crippen LogP contribution in [0.4, 0.5) is 5.69 Å². The lowest BCUT2D eigenvalue weighted by molar-refractivity contribution is 0.0950. The third-order valence-corrected chi connectivity index (χ3v) is 3.81. The van der Waals surface area contributed by atoms with Gasteiger partial charge in [0.1, 0.15) is 5.56 Å². The van der Waals surface area contributed by atoms with Gasteiger partial charge >= 0.3 is 0 Å². The van der Waals surface area contributed by atoms with E-state index < -0.39 is 0 Å². The number of pyridine rings is 1. The molecular weight excluding hydrogens is 346 g/mol. The molecule has 0 aliphatic carbocycles. The minimum Gasteiger partial charge on any atom is -0.479 e. The Balaban J connectivity index is 1.61. The number of rotatable bonds is 6. The zero-order chi connectivity index (χ0) is 19.2. The number of hydrogen-bond acceptors (Lipinski definition) is 5. The van der Waals surface area contributed by atoms with Crippen molar-refractivity contribution in [1.29, 1.82) is 0 Å².